The van der Waals surface area contributed by atoms with Crippen LogP contribution >= 0.6 is 0 Å². The molecule has 0 spiro atoms. The van der Waals surface area contributed by atoms with Gasteiger partial charge in [0.15, 0.2) is 23.0 Å². The quantitative estimate of drug-likeness (QED) is 0.420. The molecule has 1 N–H and O–H groups in total. The number of hydrogen-bond acceptors (Lipinski definition) is 7. The van der Waals surface area contributed by atoms with E-state index in [4.69, 9.17) is 23.9 Å². The van der Waals surface area contributed by atoms with E-state index in [1.54, 1.807) is 40.6 Å². The summed E-state index contributed by atoms with van der Waals surface area (Å²) in [6.07, 6.45) is 0.835. The molecule has 0 saturated carbocycles. The normalized spacial score (nSPS) is 15.4. The first kappa shape index (κ1) is 23.7. The molecule has 0 bridgehead atoms. The largest absolute Gasteiger partial charge is 0.493 e. The van der Waals surface area contributed by atoms with Crippen LogP contribution in [0.15, 0.2) is 59.4 Å². The van der Waals surface area contributed by atoms with E-state index in [1.165, 1.54) is 5.56 Å². The van der Waals surface area contributed by atoms with Crippen molar-refractivity contribution in [1.82, 2.24) is 14.9 Å². The van der Waals surface area contributed by atoms with Gasteiger partial charge in [-0.1, -0.05) is 30.3 Å². The number of nitrogens with zero attached hydrogens (tertiary/aromatic N) is 2. The second kappa shape index (κ2) is 9.91. The van der Waals surface area contributed by atoms with Gasteiger partial charge in [0.05, 0.1) is 51.9 Å². The van der Waals surface area contributed by atoms with Crippen molar-refractivity contribution in [3.05, 3.63) is 87.5 Å². The minimum Gasteiger partial charge on any atom is -0.493 e. The summed E-state index contributed by atoms with van der Waals surface area (Å²) in [5, 5.41) is 0.455. The average Bonchev–Trinajstić information content (AvgIpc) is 2.91. The van der Waals surface area contributed by atoms with Gasteiger partial charge in [0.2, 0.25) is 0 Å². The molecule has 0 fully saturated rings. The molecule has 2 heterocycles. The molecule has 8 nitrogen and oxygen atoms in total. The number of aromatic nitrogens is 2. The Morgan fingerprint density at radius 3 is 2.22 bits per heavy atom. The second-order valence-corrected chi connectivity index (χ2v) is 8.68. The van der Waals surface area contributed by atoms with Crippen LogP contribution in [-0.2, 0) is 13.0 Å². The summed E-state index contributed by atoms with van der Waals surface area (Å²) in [4.78, 5) is 23.1. The number of fused-ring (bicyclic) bond motifs is 2. The van der Waals surface area contributed by atoms with Crippen molar-refractivity contribution in [2.24, 2.45) is 0 Å². The maximum Gasteiger partial charge on any atom is 0.258 e. The monoisotopic (exact) mass is 487 g/mol. The third-order valence-corrected chi connectivity index (χ3v) is 6.70. The fourth-order valence-electron chi connectivity index (χ4n) is 4.98. The number of benzene rings is 3. The van der Waals surface area contributed by atoms with Crippen LogP contribution in [0.4, 0.5) is 0 Å². The van der Waals surface area contributed by atoms with E-state index in [-0.39, 0.29) is 11.6 Å². The molecule has 1 aliphatic heterocycles. The van der Waals surface area contributed by atoms with Crippen molar-refractivity contribution >= 4 is 10.9 Å². The van der Waals surface area contributed by atoms with E-state index in [0.717, 1.165) is 29.8 Å². The Hall–Kier alpha value is -4.04. The van der Waals surface area contributed by atoms with Gasteiger partial charge in [-0.05, 0) is 41.3 Å². The summed E-state index contributed by atoms with van der Waals surface area (Å²) in [5.74, 6) is 3.03. The van der Waals surface area contributed by atoms with Crippen molar-refractivity contribution < 1.29 is 18.9 Å². The van der Waals surface area contributed by atoms with E-state index in [0.29, 0.717) is 40.5 Å². The highest BCUT2D eigenvalue weighted by Crippen LogP contribution is 2.41. The van der Waals surface area contributed by atoms with Gasteiger partial charge in [-0.25, -0.2) is 4.98 Å². The molecule has 3 aromatic carbocycles. The van der Waals surface area contributed by atoms with E-state index >= 15 is 0 Å². The molecule has 1 aliphatic rings. The summed E-state index contributed by atoms with van der Waals surface area (Å²) in [6.45, 7) is 1.25. The first-order valence-electron chi connectivity index (χ1n) is 11.7. The Kier molecular flexibility index (Phi) is 6.52. The Labute approximate surface area is 209 Å². The maximum atomic E-state index is 13.0. The van der Waals surface area contributed by atoms with Gasteiger partial charge < -0.3 is 23.9 Å². The molecule has 1 aromatic heterocycles. The highest BCUT2D eigenvalue weighted by molar-refractivity contribution is 5.81. The molecular formula is C28H29N3O5. The predicted molar refractivity (Wildman–Crippen MR) is 137 cm³/mol. The van der Waals surface area contributed by atoms with E-state index in [1.807, 2.05) is 18.2 Å². The zero-order chi connectivity index (χ0) is 25.2. The zero-order valence-electron chi connectivity index (χ0n) is 20.8. The third kappa shape index (κ3) is 4.24. The SMILES string of the molecule is COc1cc2c(cc1OC)[C@H](c1ccccc1)N(Cc1nc3cc(OC)c(OC)cc3c(=O)[nH]1)CC2. The van der Waals surface area contributed by atoms with Crippen LogP contribution in [0.1, 0.15) is 28.6 Å². The van der Waals surface area contributed by atoms with Gasteiger partial charge in [-0.15, -0.1) is 0 Å². The molecule has 0 radical (unpaired) electrons. The molecule has 186 valence electrons. The smallest absolute Gasteiger partial charge is 0.258 e. The highest BCUT2D eigenvalue weighted by Gasteiger charge is 2.31. The summed E-state index contributed by atoms with van der Waals surface area (Å²) >= 11 is 0. The van der Waals surface area contributed by atoms with Crippen LogP contribution in [-0.4, -0.2) is 49.9 Å². The van der Waals surface area contributed by atoms with Gasteiger partial charge in [0.1, 0.15) is 5.82 Å². The molecule has 4 aromatic rings. The van der Waals surface area contributed by atoms with Gasteiger partial charge in [-0.2, -0.15) is 0 Å². The topological polar surface area (TPSA) is 85.9 Å². The van der Waals surface area contributed by atoms with E-state index in [2.05, 4.69) is 34.1 Å². The number of rotatable bonds is 7. The second-order valence-electron chi connectivity index (χ2n) is 8.68. The fourth-order valence-corrected chi connectivity index (χ4v) is 4.98. The predicted octanol–water partition coefficient (Wildman–Crippen LogP) is 4.11. The van der Waals surface area contributed by atoms with Crippen molar-refractivity contribution in [2.45, 2.75) is 19.0 Å². The molecule has 0 aliphatic carbocycles. The molecular weight excluding hydrogens is 458 g/mol. The van der Waals surface area contributed by atoms with E-state index < -0.39 is 0 Å². The minimum atomic E-state index is -0.212. The lowest BCUT2D eigenvalue weighted by Gasteiger charge is -2.38. The van der Waals surface area contributed by atoms with Gasteiger partial charge >= 0.3 is 0 Å². The zero-order valence-corrected chi connectivity index (χ0v) is 20.8. The maximum absolute atomic E-state index is 13.0. The van der Waals surface area contributed by atoms with Gasteiger partial charge in [-0.3, -0.25) is 9.69 Å². The first-order chi connectivity index (χ1) is 17.6. The van der Waals surface area contributed by atoms with Crippen LogP contribution in [0.5, 0.6) is 23.0 Å². The Balaban J connectivity index is 1.58. The Morgan fingerprint density at radius 1 is 0.889 bits per heavy atom. The lowest BCUT2D eigenvalue weighted by atomic mass is 9.87. The third-order valence-electron chi connectivity index (χ3n) is 6.70. The van der Waals surface area contributed by atoms with Crippen LogP contribution < -0.4 is 24.5 Å². The molecule has 0 saturated heterocycles. The average molecular weight is 488 g/mol. The summed E-state index contributed by atoms with van der Waals surface area (Å²) < 4.78 is 21.9. The fraction of sp³-hybridized carbons (Fsp3) is 0.286. The number of nitrogens with one attached hydrogen (secondary N) is 1. The molecule has 36 heavy (non-hydrogen) atoms. The molecule has 8 heteroatoms. The molecule has 0 unspecified atom stereocenters. The summed E-state index contributed by atoms with van der Waals surface area (Å²) in [5.41, 5.74) is 3.87. The first-order valence-corrected chi connectivity index (χ1v) is 11.7. The minimum absolute atomic E-state index is 0.0406. The highest BCUT2D eigenvalue weighted by atomic mass is 16.5. The Bertz CT molecular complexity index is 1450. The van der Waals surface area contributed by atoms with Crippen LogP contribution in [0.2, 0.25) is 0 Å². The van der Waals surface area contributed by atoms with Gasteiger partial charge in [0, 0.05) is 12.6 Å². The van der Waals surface area contributed by atoms with Crippen LogP contribution in [0, 0.1) is 0 Å². The number of aromatic amines is 1. The number of hydrogen-bond donors (Lipinski definition) is 1. The van der Waals surface area contributed by atoms with Crippen molar-refractivity contribution in [2.75, 3.05) is 35.0 Å². The molecule has 0 amide bonds. The Morgan fingerprint density at radius 2 is 1.53 bits per heavy atom. The number of methoxy groups -OCH3 is 4. The van der Waals surface area contributed by atoms with Crippen LogP contribution in [0.3, 0.4) is 0 Å². The van der Waals surface area contributed by atoms with Crippen LogP contribution in [0.25, 0.3) is 10.9 Å². The number of ether oxygens (including phenoxy) is 4. The van der Waals surface area contributed by atoms with Crippen molar-refractivity contribution in [3.63, 3.8) is 0 Å². The summed E-state index contributed by atoms with van der Waals surface area (Å²) in [6, 6.07) is 17.8. The molecule has 5 rings (SSSR count). The lowest BCUT2D eigenvalue weighted by molar-refractivity contribution is 0.198. The molecule has 1 atom stereocenters. The lowest BCUT2D eigenvalue weighted by Crippen LogP contribution is -2.36. The van der Waals surface area contributed by atoms with Gasteiger partial charge in [0.25, 0.3) is 5.56 Å². The standard InChI is InChI=1S/C28H29N3O5/c1-33-22-12-18-10-11-31(27(17-8-6-5-7-9-17)19(18)13-23(22)34-2)16-26-29-21-15-25(36-4)24(35-3)14-20(21)28(32)30-26/h5-9,12-15,27H,10-11,16H2,1-4H3,(H,29,30,32)/t27-/m0/s1. The number of H-pyrrole nitrogens is 1. The van der Waals surface area contributed by atoms with Crippen molar-refractivity contribution in [1.29, 1.82) is 0 Å². The van der Waals surface area contributed by atoms with Crippen molar-refractivity contribution in [3.8, 4) is 23.0 Å². The summed E-state index contributed by atoms with van der Waals surface area (Å²) in [7, 11) is 6.41. The van der Waals surface area contributed by atoms with E-state index in [9.17, 15) is 4.79 Å².